The lowest BCUT2D eigenvalue weighted by atomic mass is 9.54. The molecule has 1 aromatic heterocycles. The first-order valence-corrected chi connectivity index (χ1v) is 10.8. The predicted molar refractivity (Wildman–Crippen MR) is 112 cm³/mol. The zero-order valence-corrected chi connectivity index (χ0v) is 16.5. The maximum Gasteiger partial charge on any atom is 0.164 e. The molecule has 0 spiro atoms. The van der Waals surface area contributed by atoms with Gasteiger partial charge in [-0.25, -0.2) is 0 Å². The van der Waals surface area contributed by atoms with E-state index in [1.165, 1.54) is 48.8 Å². The summed E-state index contributed by atoms with van der Waals surface area (Å²) in [4.78, 5) is 0. The Morgan fingerprint density at radius 3 is 2.07 bits per heavy atom. The molecule has 0 amide bonds. The average Bonchev–Trinajstić information content (AvgIpc) is 3.09. The summed E-state index contributed by atoms with van der Waals surface area (Å²) >= 11 is 0. The molecular weight excluding hydrogens is 342 g/mol. The standard InChI is InChI=1S/C25H27N3/c1-16-26-27-25(21-9-5-8-20(15-21)19-6-3-2-4-7-19)28(16)24-22-11-17-10-18(13-22)14-23(24)12-17/h2-9,15,17-18,22-24H,10-14H2,1H3. The smallest absolute Gasteiger partial charge is 0.164 e. The topological polar surface area (TPSA) is 30.7 Å². The monoisotopic (exact) mass is 369 g/mol. The first kappa shape index (κ1) is 16.5. The molecule has 0 saturated heterocycles. The summed E-state index contributed by atoms with van der Waals surface area (Å²) < 4.78 is 2.51. The van der Waals surface area contributed by atoms with E-state index in [-0.39, 0.29) is 0 Å². The Hall–Kier alpha value is -2.42. The highest BCUT2D eigenvalue weighted by Gasteiger charge is 2.49. The molecule has 4 fully saturated rings. The number of hydrogen-bond donors (Lipinski definition) is 0. The number of aryl methyl sites for hydroxylation is 1. The van der Waals surface area contributed by atoms with E-state index >= 15 is 0 Å². The van der Waals surface area contributed by atoms with Crippen molar-refractivity contribution in [2.45, 2.75) is 45.1 Å². The van der Waals surface area contributed by atoms with Crippen molar-refractivity contribution in [3.8, 4) is 22.5 Å². The highest BCUT2D eigenvalue weighted by Crippen LogP contribution is 2.58. The Kier molecular flexibility index (Phi) is 3.72. The van der Waals surface area contributed by atoms with Gasteiger partial charge in [0.2, 0.25) is 0 Å². The summed E-state index contributed by atoms with van der Waals surface area (Å²) in [5.41, 5.74) is 3.69. The van der Waals surface area contributed by atoms with Crippen LogP contribution in [0.2, 0.25) is 0 Å². The zero-order chi connectivity index (χ0) is 18.7. The lowest BCUT2D eigenvalue weighted by molar-refractivity contribution is -0.0293. The van der Waals surface area contributed by atoms with Gasteiger partial charge in [-0.05, 0) is 79.9 Å². The van der Waals surface area contributed by atoms with Gasteiger partial charge < -0.3 is 4.57 Å². The van der Waals surface area contributed by atoms with Crippen LogP contribution in [0.5, 0.6) is 0 Å². The van der Waals surface area contributed by atoms with Crippen LogP contribution in [0.25, 0.3) is 22.5 Å². The summed E-state index contributed by atoms with van der Waals surface area (Å²) in [6.07, 6.45) is 7.15. The minimum Gasteiger partial charge on any atom is -0.308 e. The van der Waals surface area contributed by atoms with Gasteiger partial charge in [0.25, 0.3) is 0 Å². The molecule has 0 unspecified atom stereocenters. The van der Waals surface area contributed by atoms with E-state index in [4.69, 9.17) is 0 Å². The van der Waals surface area contributed by atoms with E-state index in [2.05, 4.69) is 76.3 Å². The van der Waals surface area contributed by atoms with Crippen molar-refractivity contribution in [1.82, 2.24) is 14.8 Å². The summed E-state index contributed by atoms with van der Waals surface area (Å²) in [6, 6.07) is 20.0. The molecule has 3 nitrogen and oxygen atoms in total. The largest absolute Gasteiger partial charge is 0.308 e. The van der Waals surface area contributed by atoms with E-state index in [0.717, 1.165) is 35.3 Å². The highest BCUT2D eigenvalue weighted by atomic mass is 15.3. The number of benzene rings is 2. The fourth-order valence-electron chi connectivity index (χ4n) is 6.71. The van der Waals surface area contributed by atoms with E-state index in [1.54, 1.807) is 0 Å². The molecule has 142 valence electrons. The molecule has 1 heterocycles. The molecule has 4 saturated carbocycles. The van der Waals surface area contributed by atoms with Gasteiger partial charge in [0.1, 0.15) is 5.82 Å². The summed E-state index contributed by atoms with van der Waals surface area (Å²) in [7, 11) is 0. The summed E-state index contributed by atoms with van der Waals surface area (Å²) in [5, 5.41) is 9.21. The van der Waals surface area contributed by atoms with E-state index in [1.807, 2.05) is 0 Å². The van der Waals surface area contributed by atoms with Crippen LogP contribution < -0.4 is 0 Å². The van der Waals surface area contributed by atoms with Gasteiger partial charge in [0.15, 0.2) is 5.82 Å². The predicted octanol–water partition coefficient (Wildman–Crippen LogP) is 5.92. The fraction of sp³-hybridized carbons (Fsp3) is 0.440. The minimum absolute atomic E-state index is 0.596. The Morgan fingerprint density at radius 1 is 0.714 bits per heavy atom. The van der Waals surface area contributed by atoms with Crippen molar-refractivity contribution in [3.63, 3.8) is 0 Å². The third-order valence-electron chi connectivity index (χ3n) is 7.57. The average molecular weight is 370 g/mol. The van der Waals surface area contributed by atoms with Crippen LogP contribution in [0.4, 0.5) is 0 Å². The van der Waals surface area contributed by atoms with Crippen LogP contribution in [0.1, 0.15) is 44.0 Å². The number of hydrogen-bond acceptors (Lipinski definition) is 2. The normalized spacial score (nSPS) is 30.7. The number of nitrogens with zero attached hydrogens (tertiary/aromatic N) is 3. The van der Waals surface area contributed by atoms with Crippen molar-refractivity contribution in [2.24, 2.45) is 23.7 Å². The van der Waals surface area contributed by atoms with Crippen LogP contribution >= 0.6 is 0 Å². The molecule has 7 rings (SSSR count). The van der Waals surface area contributed by atoms with Gasteiger partial charge in [-0.3, -0.25) is 0 Å². The third kappa shape index (κ3) is 2.56. The molecule has 3 heteroatoms. The Morgan fingerprint density at radius 2 is 1.36 bits per heavy atom. The molecule has 4 aliphatic rings. The maximum atomic E-state index is 4.67. The molecule has 28 heavy (non-hydrogen) atoms. The number of aromatic nitrogens is 3. The first-order chi connectivity index (χ1) is 13.8. The lowest BCUT2D eigenvalue weighted by Gasteiger charge is -2.55. The Bertz CT molecular complexity index is 976. The molecule has 0 radical (unpaired) electrons. The van der Waals surface area contributed by atoms with Gasteiger partial charge in [0.05, 0.1) is 0 Å². The molecular formula is C25H27N3. The minimum atomic E-state index is 0.596. The highest BCUT2D eigenvalue weighted by molar-refractivity contribution is 5.70. The zero-order valence-electron chi connectivity index (χ0n) is 16.5. The molecule has 4 bridgehead atoms. The van der Waals surface area contributed by atoms with Gasteiger partial charge >= 0.3 is 0 Å². The molecule has 2 aromatic carbocycles. The maximum absolute atomic E-state index is 4.67. The second kappa shape index (κ2) is 6.30. The lowest BCUT2D eigenvalue weighted by Crippen LogP contribution is -2.46. The molecule has 3 aromatic rings. The van der Waals surface area contributed by atoms with Crippen LogP contribution in [-0.4, -0.2) is 14.8 Å². The second-order valence-electron chi connectivity index (χ2n) is 9.31. The van der Waals surface area contributed by atoms with E-state index < -0.39 is 0 Å². The molecule has 0 atom stereocenters. The van der Waals surface area contributed by atoms with Crippen molar-refractivity contribution >= 4 is 0 Å². The van der Waals surface area contributed by atoms with Gasteiger partial charge in [0, 0.05) is 11.6 Å². The SMILES string of the molecule is Cc1nnc(-c2cccc(-c3ccccc3)c2)n1C1C2CC3CC(C2)CC1C3. The summed E-state index contributed by atoms with van der Waals surface area (Å²) in [6.45, 7) is 2.14. The molecule has 0 aliphatic heterocycles. The first-order valence-electron chi connectivity index (χ1n) is 10.8. The Labute approximate surface area is 166 Å². The van der Waals surface area contributed by atoms with Gasteiger partial charge in [-0.1, -0.05) is 48.5 Å². The van der Waals surface area contributed by atoms with Crippen LogP contribution in [0.15, 0.2) is 54.6 Å². The van der Waals surface area contributed by atoms with Gasteiger partial charge in [-0.2, -0.15) is 0 Å². The van der Waals surface area contributed by atoms with Crippen molar-refractivity contribution in [1.29, 1.82) is 0 Å². The third-order valence-corrected chi connectivity index (χ3v) is 7.57. The molecule has 4 aliphatic carbocycles. The summed E-state index contributed by atoms with van der Waals surface area (Å²) in [5.74, 6) is 5.76. The van der Waals surface area contributed by atoms with Crippen LogP contribution in [-0.2, 0) is 0 Å². The Balaban J connectivity index is 1.42. The van der Waals surface area contributed by atoms with Crippen molar-refractivity contribution in [2.75, 3.05) is 0 Å². The van der Waals surface area contributed by atoms with Crippen LogP contribution in [0, 0.1) is 30.6 Å². The number of rotatable bonds is 3. The van der Waals surface area contributed by atoms with E-state index in [0.29, 0.717) is 6.04 Å². The quantitative estimate of drug-likeness (QED) is 0.574. The fourth-order valence-corrected chi connectivity index (χ4v) is 6.71. The van der Waals surface area contributed by atoms with Crippen molar-refractivity contribution < 1.29 is 0 Å². The van der Waals surface area contributed by atoms with E-state index in [9.17, 15) is 0 Å². The van der Waals surface area contributed by atoms with Crippen LogP contribution in [0.3, 0.4) is 0 Å². The molecule has 0 N–H and O–H groups in total. The van der Waals surface area contributed by atoms with Crippen molar-refractivity contribution in [3.05, 3.63) is 60.4 Å². The second-order valence-corrected chi connectivity index (χ2v) is 9.31. The van der Waals surface area contributed by atoms with Gasteiger partial charge in [-0.15, -0.1) is 10.2 Å².